The normalized spacial score (nSPS) is 10.7. The van der Waals surface area contributed by atoms with Gasteiger partial charge < -0.3 is 0 Å². The highest BCUT2D eigenvalue weighted by atomic mass is 35.5. The Hall–Kier alpha value is -1.88. The fourth-order valence-corrected chi connectivity index (χ4v) is 3.47. The van der Waals surface area contributed by atoms with Crippen molar-refractivity contribution in [3.63, 3.8) is 0 Å². The lowest BCUT2D eigenvalue weighted by Crippen LogP contribution is -2.13. The first kappa shape index (κ1) is 17.0. The molecule has 0 saturated carbocycles. The molecule has 2 aromatic carbocycles. The largest absolute Gasteiger partial charge is 0.298 e. The zero-order valence-electron chi connectivity index (χ0n) is 13.1. The van der Waals surface area contributed by atoms with Gasteiger partial charge in [-0.1, -0.05) is 40.9 Å². The van der Waals surface area contributed by atoms with Gasteiger partial charge in [-0.3, -0.25) is 10.1 Å². The Morgan fingerprint density at radius 3 is 2.67 bits per heavy atom. The lowest BCUT2D eigenvalue weighted by Gasteiger charge is -2.06. The molecule has 6 heteroatoms. The van der Waals surface area contributed by atoms with Crippen LogP contribution < -0.4 is 5.32 Å². The molecule has 0 aliphatic heterocycles. The van der Waals surface area contributed by atoms with Crippen molar-refractivity contribution in [2.75, 3.05) is 5.32 Å². The Kier molecular flexibility index (Phi) is 4.90. The van der Waals surface area contributed by atoms with Crippen LogP contribution in [0.4, 0.5) is 5.13 Å². The Bertz CT molecular complexity index is 921. The molecule has 0 spiro atoms. The molecule has 0 fully saturated rings. The summed E-state index contributed by atoms with van der Waals surface area (Å²) in [4.78, 5) is 16.9. The van der Waals surface area contributed by atoms with Crippen LogP contribution in [0.2, 0.25) is 10.0 Å². The van der Waals surface area contributed by atoms with E-state index in [1.807, 2.05) is 37.4 Å². The predicted octanol–water partition coefficient (Wildman–Crippen LogP) is 5.99. The van der Waals surface area contributed by atoms with E-state index in [2.05, 4.69) is 10.3 Å². The van der Waals surface area contributed by atoms with Crippen molar-refractivity contribution >= 4 is 45.6 Å². The Morgan fingerprint density at radius 1 is 1.12 bits per heavy atom. The summed E-state index contributed by atoms with van der Waals surface area (Å²) in [5.74, 6) is -0.175. The number of aryl methyl sites for hydroxylation is 2. The second-order valence-corrected chi connectivity index (χ2v) is 7.14. The van der Waals surface area contributed by atoms with E-state index in [0.29, 0.717) is 26.4 Å². The molecule has 24 heavy (non-hydrogen) atoms. The van der Waals surface area contributed by atoms with E-state index in [1.54, 1.807) is 18.2 Å². The van der Waals surface area contributed by atoms with Crippen LogP contribution in [0.15, 0.2) is 41.8 Å². The number of nitrogens with zero attached hydrogens (tertiary/aromatic N) is 1. The van der Waals surface area contributed by atoms with E-state index in [4.69, 9.17) is 23.2 Å². The number of amides is 1. The molecule has 3 aromatic rings. The van der Waals surface area contributed by atoms with Gasteiger partial charge in [0.2, 0.25) is 0 Å². The molecule has 1 N–H and O–H groups in total. The number of hydrogen-bond acceptors (Lipinski definition) is 3. The first-order valence-electron chi connectivity index (χ1n) is 7.23. The first-order chi connectivity index (χ1) is 11.4. The summed E-state index contributed by atoms with van der Waals surface area (Å²) < 4.78 is 0. The van der Waals surface area contributed by atoms with Crippen LogP contribution in [0.25, 0.3) is 11.3 Å². The van der Waals surface area contributed by atoms with Crippen molar-refractivity contribution in [2.24, 2.45) is 0 Å². The highest BCUT2D eigenvalue weighted by molar-refractivity contribution is 7.14. The zero-order chi connectivity index (χ0) is 17.3. The monoisotopic (exact) mass is 376 g/mol. The van der Waals surface area contributed by atoms with E-state index in [9.17, 15) is 4.79 Å². The summed E-state index contributed by atoms with van der Waals surface area (Å²) in [5.41, 5.74) is 4.12. The van der Waals surface area contributed by atoms with Crippen molar-refractivity contribution < 1.29 is 4.79 Å². The lowest BCUT2D eigenvalue weighted by atomic mass is 10.1. The van der Waals surface area contributed by atoms with Crippen molar-refractivity contribution in [1.29, 1.82) is 0 Å². The quantitative estimate of drug-likeness (QED) is 0.610. The van der Waals surface area contributed by atoms with Crippen molar-refractivity contribution in [3.8, 4) is 11.3 Å². The third-order valence-electron chi connectivity index (χ3n) is 3.56. The van der Waals surface area contributed by atoms with Gasteiger partial charge >= 0.3 is 0 Å². The third-order valence-corrected chi connectivity index (χ3v) is 4.88. The molecule has 0 atom stereocenters. The molecule has 3 nitrogen and oxygen atoms in total. The predicted molar refractivity (Wildman–Crippen MR) is 101 cm³/mol. The number of thiazole rings is 1. The summed E-state index contributed by atoms with van der Waals surface area (Å²) in [5, 5.41) is 6.35. The van der Waals surface area contributed by atoms with Crippen molar-refractivity contribution in [1.82, 2.24) is 4.98 Å². The van der Waals surface area contributed by atoms with E-state index in [-0.39, 0.29) is 5.91 Å². The lowest BCUT2D eigenvalue weighted by molar-refractivity contribution is 0.102. The van der Waals surface area contributed by atoms with Crippen LogP contribution >= 0.6 is 34.5 Å². The summed E-state index contributed by atoms with van der Waals surface area (Å²) in [6, 6.07) is 10.9. The molecule has 0 unspecified atom stereocenters. The minimum absolute atomic E-state index is 0.175. The maximum absolute atomic E-state index is 12.4. The summed E-state index contributed by atoms with van der Waals surface area (Å²) in [6.45, 7) is 3.91. The van der Waals surface area contributed by atoms with Gasteiger partial charge in [-0.25, -0.2) is 4.98 Å². The molecule has 3 rings (SSSR count). The van der Waals surface area contributed by atoms with Crippen molar-refractivity contribution in [2.45, 2.75) is 13.8 Å². The van der Waals surface area contributed by atoms with Gasteiger partial charge in [-0.2, -0.15) is 0 Å². The SMILES string of the molecule is Cc1ccc(C(=O)Nc2nc(-c3cc(Cl)ccc3Cl)cs2)c(C)c1. The maximum Gasteiger partial charge on any atom is 0.257 e. The van der Waals surface area contributed by atoms with E-state index < -0.39 is 0 Å². The van der Waals surface area contributed by atoms with Gasteiger partial charge in [-0.05, 0) is 43.7 Å². The molecule has 122 valence electrons. The number of carbonyl (C=O) groups excluding carboxylic acids is 1. The molecule has 0 radical (unpaired) electrons. The van der Waals surface area contributed by atoms with E-state index in [1.165, 1.54) is 11.3 Å². The van der Waals surface area contributed by atoms with Crippen LogP contribution in [-0.2, 0) is 0 Å². The highest BCUT2D eigenvalue weighted by Gasteiger charge is 2.13. The first-order valence-corrected chi connectivity index (χ1v) is 8.87. The molecule has 0 aliphatic carbocycles. The topological polar surface area (TPSA) is 42.0 Å². The number of halogens is 2. The number of benzene rings is 2. The molecule has 0 bridgehead atoms. The summed E-state index contributed by atoms with van der Waals surface area (Å²) >= 11 is 13.6. The second kappa shape index (κ2) is 6.93. The van der Waals surface area contributed by atoms with Gasteiger partial charge in [0, 0.05) is 21.5 Å². The fraction of sp³-hybridized carbons (Fsp3) is 0.111. The van der Waals surface area contributed by atoms with Crippen LogP contribution in [-0.4, -0.2) is 10.9 Å². The van der Waals surface area contributed by atoms with Gasteiger partial charge in [0.15, 0.2) is 5.13 Å². The third kappa shape index (κ3) is 3.61. The number of hydrogen-bond donors (Lipinski definition) is 1. The summed E-state index contributed by atoms with van der Waals surface area (Å²) in [6.07, 6.45) is 0. The number of anilines is 1. The zero-order valence-corrected chi connectivity index (χ0v) is 15.4. The Balaban J connectivity index is 1.83. The minimum atomic E-state index is -0.175. The molecule has 0 saturated heterocycles. The van der Waals surface area contributed by atoms with E-state index in [0.717, 1.165) is 16.7 Å². The number of rotatable bonds is 3. The smallest absolute Gasteiger partial charge is 0.257 e. The summed E-state index contributed by atoms with van der Waals surface area (Å²) in [7, 11) is 0. The number of carbonyl (C=O) groups is 1. The van der Waals surface area contributed by atoms with Gasteiger partial charge in [0.1, 0.15) is 0 Å². The number of aromatic nitrogens is 1. The fourth-order valence-electron chi connectivity index (χ4n) is 2.38. The minimum Gasteiger partial charge on any atom is -0.298 e. The van der Waals surface area contributed by atoms with Crippen LogP contribution in [0.5, 0.6) is 0 Å². The molecule has 1 amide bonds. The molecular weight excluding hydrogens is 363 g/mol. The van der Waals surface area contributed by atoms with Gasteiger partial charge in [-0.15, -0.1) is 11.3 Å². The average Bonchev–Trinajstić information content (AvgIpc) is 2.97. The standard InChI is InChI=1S/C18H14Cl2N2OS/c1-10-3-5-13(11(2)7-10)17(23)22-18-21-16(9-24-18)14-8-12(19)4-6-15(14)20/h3-9H,1-2H3,(H,21,22,23). The number of nitrogens with one attached hydrogen (secondary N) is 1. The van der Waals surface area contributed by atoms with Crippen LogP contribution in [0.1, 0.15) is 21.5 Å². The van der Waals surface area contributed by atoms with Crippen LogP contribution in [0, 0.1) is 13.8 Å². The Morgan fingerprint density at radius 2 is 1.92 bits per heavy atom. The van der Waals surface area contributed by atoms with Crippen LogP contribution in [0.3, 0.4) is 0 Å². The molecule has 0 aliphatic rings. The van der Waals surface area contributed by atoms with E-state index >= 15 is 0 Å². The highest BCUT2D eigenvalue weighted by Crippen LogP contribution is 2.32. The van der Waals surface area contributed by atoms with Crippen molar-refractivity contribution in [3.05, 3.63) is 68.5 Å². The average molecular weight is 377 g/mol. The molecular formula is C18H14Cl2N2OS. The molecule has 1 aromatic heterocycles. The Labute approximate surface area is 154 Å². The maximum atomic E-state index is 12.4. The van der Waals surface area contributed by atoms with Gasteiger partial charge in [0.25, 0.3) is 5.91 Å². The second-order valence-electron chi connectivity index (χ2n) is 5.43. The van der Waals surface area contributed by atoms with Gasteiger partial charge in [0.05, 0.1) is 10.7 Å². The molecule has 1 heterocycles.